The molecule has 1 aliphatic rings. The second kappa shape index (κ2) is 9.45. The molecule has 2 aromatic rings. The largest absolute Gasteiger partial charge is 0.493 e. The minimum Gasteiger partial charge on any atom is -0.493 e. The van der Waals surface area contributed by atoms with Gasteiger partial charge in [-0.05, 0) is 48.7 Å². The first-order valence-electron chi connectivity index (χ1n) is 9.93. The number of carbonyl (C=O) groups excluding carboxylic acids is 2. The van der Waals surface area contributed by atoms with E-state index in [1.54, 1.807) is 19.1 Å². The van der Waals surface area contributed by atoms with Crippen molar-refractivity contribution in [1.82, 2.24) is 4.90 Å². The van der Waals surface area contributed by atoms with Gasteiger partial charge in [-0.1, -0.05) is 18.2 Å². The van der Waals surface area contributed by atoms with Crippen LogP contribution in [0.25, 0.3) is 0 Å². The first-order valence-corrected chi connectivity index (χ1v) is 9.93. The molecule has 0 aromatic heterocycles. The molecule has 2 aromatic carbocycles. The molecule has 0 aliphatic carbocycles. The van der Waals surface area contributed by atoms with Crippen LogP contribution in [0.4, 0.5) is 5.69 Å². The average molecular weight is 396 g/mol. The molecule has 0 spiro atoms. The molecule has 2 amide bonds. The molecule has 1 aliphatic heterocycles. The van der Waals surface area contributed by atoms with Crippen molar-refractivity contribution in [2.45, 2.75) is 32.7 Å². The second-order valence-electron chi connectivity index (χ2n) is 7.09. The molecule has 0 atom stereocenters. The second-order valence-corrected chi connectivity index (χ2v) is 7.09. The third-order valence-corrected chi connectivity index (χ3v) is 5.23. The van der Waals surface area contributed by atoms with Crippen LogP contribution in [0.1, 0.15) is 30.9 Å². The van der Waals surface area contributed by atoms with Gasteiger partial charge in [0, 0.05) is 31.7 Å². The number of nitrogens with zero attached hydrogens (tertiary/aromatic N) is 2. The van der Waals surface area contributed by atoms with E-state index in [1.807, 2.05) is 54.3 Å². The molecule has 0 N–H and O–H groups in total. The fourth-order valence-electron chi connectivity index (χ4n) is 3.58. The van der Waals surface area contributed by atoms with Crippen LogP contribution in [-0.2, 0) is 22.6 Å². The molecule has 0 saturated carbocycles. The topological polar surface area (TPSA) is 59.1 Å². The molecule has 154 valence electrons. The summed E-state index contributed by atoms with van der Waals surface area (Å²) in [5.74, 6) is 1.55. The van der Waals surface area contributed by atoms with Gasteiger partial charge >= 0.3 is 0 Å². The Bertz CT molecular complexity index is 864. The molecule has 3 rings (SSSR count). The first kappa shape index (κ1) is 20.7. The van der Waals surface area contributed by atoms with Crippen molar-refractivity contribution in [3.8, 4) is 11.5 Å². The number of likely N-dealkylation sites (N-methyl/N-ethyl adjacent to an activating group) is 1. The molecule has 1 fully saturated rings. The van der Waals surface area contributed by atoms with Crippen LogP contribution in [-0.4, -0.2) is 44.0 Å². The molecule has 0 unspecified atom stereocenters. The van der Waals surface area contributed by atoms with Gasteiger partial charge in [-0.2, -0.15) is 0 Å². The summed E-state index contributed by atoms with van der Waals surface area (Å²) in [6.45, 7) is 3.87. The Morgan fingerprint density at radius 3 is 2.31 bits per heavy atom. The standard InChI is InChI=1S/C23H28N2O4/c1-4-24(16-18-9-12-20(28-2)21(14-18)29-3)23(27)15-17-7-10-19(11-8-17)25-13-5-6-22(25)26/h7-12,14H,4-6,13,15-16H2,1-3H3. The summed E-state index contributed by atoms with van der Waals surface area (Å²) in [6.07, 6.45) is 1.85. The molecular weight excluding hydrogens is 368 g/mol. The van der Waals surface area contributed by atoms with Crippen LogP contribution in [0.5, 0.6) is 11.5 Å². The minimum absolute atomic E-state index is 0.0623. The lowest BCUT2D eigenvalue weighted by Crippen LogP contribution is -2.31. The van der Waals surface area contributed by atoms with Crippen molar-refractivity contribution in [3.63, 3.8) is 0 Å². The van der Waals surface area contributed by atoms with Crippen molar-refractivity contribution in [1.29, 1.82) is 0 Å². The maximum absolute atomic E-state index is 12.8. The van der Waals surface area contributed by atoms with Crippen LogP contribution in [0.3, 0.4) is 0 Å². The third-order valence-electron chi connectivity index (χ3n) is 5.23. The van der Waals surface area contributed by atoms with E-state index in [0.717, 1.165) is 29.8 Å². The van der Waals surface area contributed by atoms with Crippen LogP contribution >= 0.6 is 0 Å². The monoisotopic (exact) mass is 396 g/mol. The highest BCUT2D eigenvalue weighted by molar-refractivity contribution is 5.95. The Morgan fingerprint density at radius 1 is 1.03 bits per heavy atom. The molecule has 29 heavy (non-hydrogen) atoms. The number of methoxy groups -OCH3 is 2. The quantitative estimate of drug-likeness (QED) is 0.686. The SMILES string of the molecule is CCN(Cc1ccc(OC)c(OC)c1)C(=O)Cc1ccc(N2CCCC2=O)cc1. The van der Waals surface area contributed by atoms with Crippen molar-refractivity contribution in [2.75, 3.05) is 32.2 Å². The van der Waals surface area contributed by atoms with E-state index < -0.39 is 0 Å². The van der Waals surface area contributed by atoms with E-state index in [2.05, 4.69) is 0 Å². The predicted octanol–water partition coefficient (Wildman–Crippen LogP) is 3.42. The summed E-state index contributed by atoms with van der Waals surface area (Å²) < 4.78 is 10.6. The van der Waals surface area contributed by atoms with Crippen molar-refractivity contribution in [3.05, 3.63) is 53.6 Å². The highest BCUT2D eigenvalue weighted by atomic mass is 16.5. The highest BCUT2D eigenvalue weighted by Crippen LogP contribution is 2.28. The number of amides is 2. The van der Waals surface area contributed by atoms with Gasteiger partial charge in [-0.3, -0.25) is 9.59 Å². The Kier molecular flexibility index (Phi) is 6.75. The van der Waals surface area contributed by atoms with Crippen LogP contribution < -0.4 is 14.4 Å². The lowest BCUT2D eigenvalue weighted by Gasteiger charge is -2.22. The third kappa shape index (κ3) is 4.88. The molecule has 1 heterocycles. The van der Waals surface area contributed by atoms with Crippen molar-refractivity contribution in [2.24, 2.45) is 0 Å². The molecular formula is C23H28N2O4. The zero-order valence-corrected chi connectivity index (χ0v) is 17.3. The summed E-state index contributed by atoms with van der Waals surface area (Å²) in [6, 6.07) is 13.4. The number of carbonyl (C=O) groups is 2. The Hall–Kier alpha value is -3.02. The van der Waals surface area contributed by atoms with E-state index in [0.29, 0.717) is 37.4 Å². The fraction of sp³-hybridized carbons (Fsp3) is 0.391. The molecule has 0 radical (unpaired) electrons. The zero-order valence-electron chi connectivity index (χ0n) is 17.3. The molecule has 0 bridgehead atoms. The van der Waals surface area contributed by atoms with Crippen LogP contribution in [0.2, 0.25) is 0 Å². The Labute approximate surface area is 172 Å². The normalized spacial score (nSPS) is 13.5. The predicted molar refractivity (Wildman–Crippen MR) is 112 cm³/mol. The number of hydrogen-bond acceptors (Lipinski definition) is 4. The van der Waals surface area contributed by atoms with E-state index in [1.165, 1.54) is 0 Å². The zero-order chi connectivity index (χ0) is 20.8. The minimum atomic E-state index is 0.0623. The number of ether oxygens (including phenoxy) is 2. The van der Waals surface area contributed by atoms with E-state index >= 15 is 0 Å². The van der Waals surface area contributed by atoms with Gasteiger partial charge in [0.15, 0.2) is 11.5 Å². The van der Waals surface area contributed by atoms with Gasteiger partial charge in [-0.15, -0.1) is 0 Å². The van der Waals surface area contributed by atoms with E-state index in [-0.39, 0.29) is 11.8 Å². The number of anilines is 1. The number of hydrogen-bond donors (Lipinski definition) is 0. The summed E-state index contributed by atoms with van der Waals surface area (Å²) in [7, 11) is 3.20. The number of benzene rings is 2. The summed E-state index contributed by atoms with van der Waals surface area (Å²) in [4.78, 5) is 28.3. The summed E-state index contributed by atoms with van der Waals surface area (Å²) >= 11 is 0. The Balaban J connectivity index is 1.64. The lowest BCUT2D eigenvalue weighted by molar-refractivity contribution is -0.130. The van der Waals surface area contributed by atoms with Gasteiger partial charge < -0.3 is 19.3 Å². The summed E-state index contributed by atoms with van der Waals surface area (Å²) in [5.41, 5.74) is 2.83. The fourth-order valence-corrected chi connectivity index (χ4v) is 3.58. The van der Waals surface area contributed by atoms with Gasteiger partial charge in [0.25, 0.3) is 0 Å². The van der Waals surface area contributed by atoms with Gasteiger partial charge in [0.1, 0.15) is 0 Å². The van der Waals surface area contributed by atoms with Gasteiger partial charge in [-0.25, -0.2) is 0 Å². The number of rotatable bonds is 8. The van der Waals surface area contributed by atoms with Gasteiger partial charge in [0.2, 0.25) is 11.8 Å². The molecule has 6 nitrogen and oxygen atoms in total. The Morgan fingerprint density at radius 2 is 1.72 bits per heavy atom. The molecule has 6 heteroatoms. The first-order chi connectivity index (χ1) is 14.0. The van der Waals surface area contributed by atoms with E-state index in [4.69, 9.17) is 9.47 Å². The average Bonchev–Trinajstić information content (AvgIpc) is 3.18. The summed E-state index contributed by atoms with van der Waals surface area (Å²) in [5, 5.41) is 0. The van der Waals surface area contributed by atoms with Crippen LogP contribution in [0, 0.1) is 0 Å². The van der Waals surface area contributed by atoms with Crippen molar-refractivity contribution >= 4 is 17.5 Å². The maximum Gasteiger partial charge on any atom is 0.227 e. The van der Waals surface area contributed by atoms with Gasteiger partial charge in [0.05, 0.1) is 20.6 Å². The van der Waals surface area contributed by atoms with Crippen molar-refractivity contribution < 1.29 is 19.1 Å². The smallest absolute Gasteiger partial charge is 0.227 e. The van der Waals surface area contributed by atoms with Crippen LogP contribution in [0.15, 0.2) is 42.5 Å². The molecule has 1 saturated heterocycles. The maximum atomic E-state index is 12.8. The van der Waals surface area contributed by atoms with E-state index in [9.17, 15) is 9.59 Å². The lowest BCUT2D eigenvalue weighted by atomic mass is 10.1. The highest BCUT2D eigenvalue weighted by Gasteiger charge is 2.21.